The summed E-state index contributed by atoms with van der Waals surface area (Å²) >= 11 is 0. The summed E-state index contributed by atoms with van der Waals surface area (Å²) in [4.78, 5) is 124. The maximum atomic E-state index is 14.0. The Hall–Kier alpha value is -6.83. The van der Waals surface area contributed by atoms with Gasteiger partial charge in [-0.05, 0) is 55.8 Å². The highest BCUT2D eigenvalue weighted by atomic mass is 16.2. The molecule has 3 unspecified atom stereocenters. The van der Waals surface area contributed by atoms with E-state index in [2.05, 4.69) is 47.5 Å². The Morgan fingerprint density at radius 2 is 1.52 bits per heavy atom. The molecule has 0 spiro atoms. The van der Waals surface area contributed by atoms with Crippen LogP contribution in [-0.4, -0.2) is 114 Å². The van der Waals surface area contributed by atoms with Crippen LogP contribution in [0.25, 0.3) is 10.9 Å². The second kappa shape index (κ2) is 25.3. The van der Waals surface area contributed by atoms with E-state index < -0.39 is 96.0 Å². The number of para-hydroxylation sites is 1. The van der Waals surface area contributed by atoms with Crippen LogP contribution in [-0.2, 0) is 56.0 Å². The number of carbonyl (C=O) groups excluding carboxylic acids is 9. The van der Waals surface area contributed by atoms with Crippen molar-refractivity contribution in [3.05, 3.63) is 71.9 Å². The van der Waals surface area contributed by atoms with Crippen molar-refractivity contribution in [3.63, 3.8) is 0 Å². The van der Waals surface area contributed by atoms with Crippen LogP contribution in [0, 0.1) is 0 Å². The summed E-state index contributed by atoms with van der Waals surface area (Å²) < 4.78 is 0. The van der Waals surface area contributed by atoms with E-state index in [-0.39, 0.29) is 64.5 Å². The molecule has 2 heterocycles. The van der Waals surface area contributed by atoms with E-state index in [9.17, 15) is 43.2 Å². The zero-order chi connectivity index (χ0) is 46.6. The molecule has 20 nitrogen and oxygen atoms in total. The number of amides is 9. The fraction of sp³-hybridized carbons (Fsp3) is 0.477. The van der Waals surface area contributed by atoms with Gasteiger partial charge in [0.2, 0.25) is 53.2 Å². The summed E-state index contributed by atoms with van der Waals surface area (Å²) in [6.45, 7) is 2.53. The van der Waals surface area contributed by atoms with Crippen molar-refractivity contribution < 1.29 is 43.2 Å². The number of hydrogen-bond donors (Lipinski definition) is 11. The highest BCUT2D eigenvalue weighted by Crippen LogP contribution is 2.19. The van der Waals surface area contributed by atoms with Gasteiger partial charge >= 0.3 is 0 Å². The topological polar surface area (TPSA) is 318 Å². The highest BCUT2D eigenvalue weighted by molar-refractivity contribution is 5.97. The van der Waals surface area contributed by atoms with Crippen LogP contribution in [0.2, 0.25) is 0 Å². The molecule has 3 aromatic rings. The van der Waals surface area contributed by atoms with Crippen LogP contribution in [0.3, 0.4) is 0 Å². The quantitative estimate of drug-likeness (QED) is 0.0809. The number of H-pyrrole nitrogens is 1. The van der Waals surface area contributed by atoms with Crippen molar-refractivity contribution in [1.82, 2.24) is 47.5 Å². The van der Waals surface area contributed by atoms with Gasteiger partial charge in [0.05, 0.1) is 6.54 Å². The number of rotatable bonds is 16. The van der Waals surface area contributed by atoms with Gasteiger partial charge in [0, 0.05) is 49.8 Å². The maximum absolute atomic E-state index is 14.0. The van der Waals surface area contributed by atoms with E-state index in [1.165, 1.54) is 6.92 Å². The first kappa shape index (κ1) is 49.8. The molecule has 4 rings (SSSR count). The number of hydrogen-bond acceptors (Lipinski definition) is 10. The summed E-state index contributed by atoms with van der Waals surface area (Å²) in [5.41, 5.74) is 13.7. The molecule has 1 aliphatic heterocycles. The molecule has 6 atom stereocenters. The van der Waals surface area contributed by atoms with Gasteiger partial charge in [0.25, 0.3) is 0 Å². The number of fused-ring (bicyclic) bond motifs is 1. The molecular formula is C44H61N11O9. The van der Waals surface area contributed by atoms with Crippen LogP contribution < -0.4 is 54.0 Å². The molecule has 1 aromatic heterocycles. The first-order valence-electron chi connectivity index (χ1n) is 21.6. The van der Waals surface area contributed by atoms with Gasteiger partial charge in [-0.25, -0.2) is 0 Å². The first-order valence-corrected chi connectivity index (χ1v) is 21.6. The number of nitrogens with two attached hydrogens (primary N) is 2. The molecule has 0 bridgehead atoms. The summed E-state index contributed by atoms with van der Waals surface area (Å²) in [6, 6.07) is 8.73. The van der Waals surface area contributed by atoms with Crippen molar-refractivity contribution >= 4 is 64.1 Å². The van der Waals surface area contributed by atoms with Gasteiger partial charge in [-0.3, -0.25) is 43.2 Å². The zero-order valence-electron chi connectivity index (χ0n) is 36.3. The standard InChI is InChI=1S/C44H61N11O9/c1-3-4-14-31(50-26(2)56)41(61)53-33-17-18-37(57)47-21-19-34(44(64)54-35(39(46)59)23-28-24-48-30-15-9-8-13-29(28)30)51-38(58)25-49-40(60)36(22-27-11-6-5-7-12-27)55-42(62)32(16-10-20-45)52-43(33)63/h5-9,11-13,15,24,31-36,48H,3-4,10,14,16-23,25,45H2,1-2H3,(H2,46,59)(H,47,57)(H,49,60)(H,50,56)(H,51,58)(H,52,63)(H,53,61)(H,54,64)(H,55,62)/t31-,32-,33?,34?,35-,36?/m0/s1. The molecule has 1 fully saturated rings. The minimum atomic E-state index is -1.37. The Labute approximate surface area is 371 Å². The third kappa shape index (κ3) is 15.8. The Bertz CT molecular complexity index is 2110. The van der Waals surface area contributed by atoms with Crippen LogP contribution in [0.5, 0.6) is 0 Å². The van der Waals surface area contributed by atoms with Crippen molar-refractivity contribution in [2.24, 2.45) is 11.5 Å². The van der Waals surface area contributed by atoms with Crippen LogP contribution in [0.4, 0.5) is 0 Å². The Kier molecular flexibility index (Phi) is 19.7. The molecule has 346 valence electrons. The summed E-state index contributed by atoms with van der Waals surface area (Å²) in [5, 5.41) is 21.8. The lowest BCUT2D eigenvalue weighted by atomic mass is 10.0. The minimum absolute atomic E-state index is 0.0116. The van der Waals surface area contributed by atoms with Gasteiger partial charge in [-0.1, -0.05) is 68.3 Å². The molecule has 0 aliphatic carbocycles. The summed E-state index contributed by atoms with van der Waals surface area (Å²) in [5.74, 6) is -6.45. The van der Waals surface area contributed by atoms with Crippen molar-refractivity contribution in [2.45, 2.75) is 114 Å². The van der Waals surface area contributed by atoms with Crippen LogP contribution >= 0.6 is 0 Å². The third-order valence-electron chi connectivity index (χ3n) is 10.7. The lowest BCUT2D eigenvalue weighted by Gasteiger charge is -2.26. The van der Waals surface area contributed by atoms with Crippen molar-refractivity contribution in [1.29, 1.82) is 0 Å². The van der Waals surface area contributed by atoms with Gasteiger partial charge < -0.3 is 59.0 Å². The van der Waals surface area contributed by atoms with Crippen LogP contribution in [0.1, 0.15) is 76.3 Å². The SMILES string of the molecule is CCCC[C@H](NC(C)=O)C(=O)NC1CCC(=O)NCCC(C(=O)N[C@@H](Cc2c[nH]c3ccccc23)C(N)=O)NC(=O)CNC(=O)C(Cc2ccccc2)NC(=O)[C@H](CCCN)NC1=O. The average molecular weight is 888 g/mol. The normalized spacial score (nSPS) is 20.3. The van der Waals surface area contributed by atoms with E-state index in [1.54, 1.807) is 36.5 Å². The molecule has 0 radical (unpaired) electrons. The van der Waals surface area contributed by atoms with Gasteiger partial charge in [-0.2, -0.15) is 0 Å². The largest absolute Gasteiger partial charge is 0.368 e. The molecule has 0 saturated carbocycles. The molecule has 1 aliphatic rings. The van der Waals surface area contributed by atoms with Gasteiger partial charge in [0.1, 0.15) is 36.3 Å². The molecular weight excluding hydrogens is 827 g/mol. The number of aromatic amines is 1. The number of benzene rings is 2. The lowest BCUT2D eigenvalue weighted by Crippen LogP contribution is -2.59. The molecule has 20 heteroatoms. The number of unbranched alkanes of at least 4 members (excludes halogenated alkanes) is 1. The maximum Gasteiger partial charge on any atom is 0.243 e. The van der Waals surface area contributed by atoms with Crippen LogP contribution in [0.15, 0.2) is 60.8 Å². The zero-order valence-corrected chi connectivity index (χ0v) is 36.3. The van der Waals surface area contributed by atoms with Crippen molar-refractivity contribution in [3.8, 4) is 0 Å². The second-order valence-corrected chi connectivity index (χ2v) is 15.7. The number of aromatic nitrogens is 1. The fourth-order valence-electron chi connectivity index (χ4n) is 7.20. The molecule has 2 aromatic carbocycles. The fourth-order valence-corrected chi connectivity index (χ4v) is 7.20. The predicted molar refractivity (Wildman–Crippen MR) is 236 cm³/mol. The predicted octanol–water partition coefficient (Wildman–Crippen LogP) is -1.29. The number of primary amides is 1. The lowest BCUT2D eigenvalue weighted by molar-refractivity contribution is -0.135. The van der Waals surface area contributed by atoms with E-state index in [1.807, 2.05) is 31.2 Å². The van der Waals surface area contributed by atoms with E-state index in [0.717, 1.165) is 17.3 Å². The van der Waals surface area contributed by atoms with E-state index in [0.29, 0.717) is 17.5 Å². The van der Waals surface area contributed by atoms with Gasteiger partial charge in [0.15, 0.2) is 0 Å². The number of nitrogens with one attached hydrogen (secondary N) is 9. The molecule has 9 amide bonds. The molecule has 64 heavy (non-hydrogen) atoms. The van der Waals surface area contributed by atoms with Crippen molar-refractivity contribution in [2.75, 3.05) is 19.6 Å². The van der Waals surface area contributed by atoms with E-state index >= 15 is 0 Å². The summed E-state index contributed by atoms with van der Waals surface area (Å²) in [7, 11) is 0. The van der Waals surface area contributed by atoms with E-state index in [4.69, 9.17) is 11.5 Å². The Morgan fingerprint density at radius 1 is 0.797 bits per heavy atom. The Balaban J connectivity index is 1.63. The molecule has 13 N–H and O–H groups in total. The highest BCUT2D eigenvalue weighted by Gasteiger charge is 2.33. The minimum Gasteiger partial charge on any atom is -0.368 e. The van der Waals surface area contributed by atoms with Gasteiger partial charge in [-0.15, -0.1) is 0 Å². The Morgan fingerprint density at radius 3 is 2.22 bits per heavy atom. The smallest absolute Gasteiger partial charge is 0.243 e. The number of carbonyl (C=O) groups is 9. The third-order valence-corrected chi connectivity index (χ3v) is 10.7. The second-order valence-electron chi connectivity index (χ2n) is 15.7. The first-order chi connectivity index (χ1) is 30.7. The summed E-state index contributed by atoms with van der Waals surface area (Å²) in [6.07, 6.45) is 2.89. The average Bonchev–Trinajstić information content (AvgIpc) is 3.68. The molecule has 1 saturated heterocycles. The monoisotopic (exact) mass is 887 g/mol.